The molecule has 1 fully saturated rings. The molecule has 6 heteroatoms. The minimum absolute atomic E-state index is 0.0313. The normalized spacial score (nSPS) is 17.1. The van der Waals surface area contributed by atoms with E-state index in [9.17, 15) is 9.18 Å². The van der Waals surface area contributed by atoms with Crippen LogP contribution in [0.5, 0.6) is 0 Å². The Hall–Kier alpha value is -2.66. The van der Waals surface area contributed by atoms with Gasteiger partial charge < -0.3 is 4.90 Å². The van der Waals surface area contributed by atoms with Crippen LogP contribution in [0.2, 0.25) is 5.02 Å². The van der Waals surface area contributed by atoms with Crippen molar-refractivity contribution in [2.45, 2.75) is 25.3 Å². The molecular formula is C21H19ClFN3O. The summed E-state index contributed by atoms with van der Waals surface area (Å²) in [6, 6.07) is 13.3. The lowest BCUT2D eigenvalue weighted by molar-refractivity contribution is 0.0607. The van der Waals surface area contributed by atoms with E-state index in [1.165, 1.54) is 12.1 Å². The molecule has 1 aromatic heterocycles. The topological polar surface area (TPSA) is 49.0 Å². The number of aromatic nitrogens is 2. The van der Waals surface area contributed by atoms with Crippen LogP contribution in [0.4, 0.5) is 4.39 Å². The number of rotatable bonds is 3. The zero-order valence-corrected chi connectivity index (χ0v) is 15.4. The summed E-state index contributed by atoms with van der Waals surface area (Å²) in [5, 5.41) is 7.83. The summed E-state index contributed by atoms with van der Waals surface area (Å²) in [7, 11) is 0. The van der Waals surface area contributed by atoms with E-state index < -0.39 is 0 Å². The minimum Gasteiger partial charge on any atom is -0.330 e. The Labute approximate surface area is 162 Å². The van der Waals surface area contributed by atoms with Gasteiger partial charge in [0.2, 0.25) is 0 Å². The molecule has 2 heterocycles. The molecule has 1 amide bonds. The average Bonchev–Trinajstić information content (AvgIpc) is 3.18. The first-order chi connectivity index (χ1) is 13.1. The number of aromatic amines is 1. The quantitative estimate of drug-likeness (QED) is 0.672. The molecule has 0 spiro atoms. The van der Waals surface area contributed by atoms with Crippen LogP contribution in [-0.2, 0) is 0 Å². The van der Waals surface area contributed by atoms with Crippen molar-refractivity contribution in [3.8, 4) is 11.1 Å². The number of hydrogen-bond acceptors (Lipinski definition) is 2. The van der Waals surface area contributed by atoms with E-state index in [-0.39, 0.29) is 17.8 Å². The van der Waals surface area contributed by atoms with Crippen molar-refractivity contribution in [1.29, 1.82) is 0 Å². The molecule has 2 aromatic carbocycles. The molecule has 0 radical (unpaired) electrons. The fraction of sp³-hybridized carbons (Fsp3) is 0.238. The fourth-order valence-electron chi connectivity index (χ4n) is 3.67. The first-order valence-electron chi connectivity index (χ1n) is 8.99. The van der Waals surface area contributed by atoms with Crippen molar-refractivity contribution in [3.05, 3.63) is 76.8 Å². The second-order valence-corrected chi connectivity index (χ2v) is 7.16. The number of nitrogens with one attached hydrogen (secondary N) is 1. The molecule has 1 saturated heterocycles. The van der Waals surface area contributed by atoms with Crippen molar-refractivity contribution >= 4 is 17.5 Å². The molecule has 1 aliphatic rings. The summed E-state index contributed by atoms with van der Waals surface area (Å²) < 4.78 is 13.7. The number of hydrogen-bond donors (Lipinski definition) is 1. The van der Waals surface area contributed by atoms with Gasteiger partial charge in [0.15, 0.2) is 0 Å². The highest BCUT2D eigenvalue weighted by molar-refractivity contribution is 6.30. The van der Waals surface area contributed by atoms with E-state index in [0.717, 1.165) is 36.1 Å². The van der Waals surface area contributed by atoms with Crippen molar-refractivity contribution < 1.29 is 9.18 Å². The Kier molecular flexibility index (Phi) is 4.94. The monoisotopic (exact) mass is 383 g/mol. The van der Waals surface area contributed by atoms with Crippen LogP contribution in [0, 0.1) is 5.82 Å². The number of piperidine rings is 1. The van der Waals surface area contributed by atoms with Gasteiger partial charge in [-0.25, -0.2) is 4.39 Å². The first kappa shape index (κ1) is 17.7. The maximum Gasteiger partial charge on any atom is 0.254 e. The molecule has 0 saturated carbocycles. The van der Waals surface area contributed by atoms with Crippen LogP contribution < -0.4 is 0 Å². The Balaban J connectivity index is 1.69. The Bertz CT molecular complexity index is 954. The van der Waals surface area contributed by atoms with E-state index >= 15 is 0 Å². The zero-order chi connectivity index (χ0) is 18.8. The minimum atomic E-state index is -0.294. The van der Waals surface area contributed by atoms with Gasteiger partial charge in [0.25, 0.3) is 5.91 Å². The van der Waals surface area contributed by atoms with Gasteiger partial charge in [-0.3, -0.25) is 9.89 Å². The van der Waals surface area contributed by atoms with Crippen LogP contribution >= 0.6 is 11.6 Å². The van der Waals surface area contributed by atoms with Crippen LogP contribution in [0.1, 0.15) is 41.4 Å². The molecule has 3 aromatic rings. The van der Waals surface area contributed by atoms with Crippen LogP contribution in [0.15, 0.2) is 54.7 Å². The summed E-state index contributed by atoms with van der Waals surface area (Å²) in [6.45, 7) is 0.674. The van der Waals surface area contributed by atoms with Gasteiger partial charge in [-0.05, 0) is 61.2 Å². The second-order valence-electron chi connectivity index (χ2n) is 6.72. The van der Waals surface area contributed by atoms with E-state index in [1.54, 1.807) is 36.5 Å². The van der Waals surface area contributed by atoms with Gasteiger partial charge in [-0.15, -0.1) is 0 Å². The number of H-pyrrole nitrogens is 1. The van der Waals surface area contributed by atoms with Gasteiger partial charge in [0, 0.05) is 22.7 Å². The molecule has 4 rings (SSSR count). The largest absolute Gasteiger partial charge is 0.330 e. The Morgan fingerprint density at radius 3 is 2.78 bits per heavy atom. The summed E-state index contributed by atoms with van der Waals surface area (Å²) in [6.07, 6.45) is 4.52. The molecule has 4 nitrogen and oxygen atoms in total. The van der Waals surface area contributed by atoms with Crippen LogP contribution in [0.25, 0.3) is 11.1 Å². The van der Waals surface area contributed by atoms with Crippen molar-refractivity contribution in [1.82, 2.24) is 15.1 Å². The van der Waals surface area contributed by atoms with E-state index in [2.05, 4.69) is 10.2 Å². The summed E-state index contributed by atoms with van der Waals surface area (Å²) in [5.74, 6) is -0.325. The standard InChI is InChI=1S/C21H19ClFN3O/c22-16-9-7-14(8-10-16)21(27)26-11-2-1-6-19(26)20-18(13-24-25-20)15-4-3-5-17(23)12-15/h3-5,7-10,12-13,19H,1-2,6,11H2,(H,24,25)/t19-/m0/s1. The fourth-order valence-corrected chi connectivity index (χ4v) is 3.80. The SMILES string of the molecule is O=C(c1ccc(Cl)cc1)N1CCCC[C@H]1c1[nH]ncc1-c1cccc(F)c1. The number of carbonyl (C=O) groups is 1. The molecule has 1 N–H and O–H groups in total. The highest BCUT2D eigenvalue weighted by atomic mass is 35.5. The second kappa shape index (κ2) is 7.53. The summed E-state index contributed by atoms with van der Waals surface area (Å²) in [5.41, 5.74) is 3.04. The van der Waals surface area contributed by atoms with Gasteiger partial charge in [0.05, 0.1) is 17.9 Å². The molecule has 1 aliphatic heterocycles. The summed E-state index contributed by atoms with van der Waals surface area (Å²) >= 11 is 5.94. The molecule has 0 bridgehead atoms. The first-order valence-corrected chi connectivity index (χ1v) is 9.37. The maximum absolute atomic E-state index is 13.7. The number of halogens is 2. The van der Waals surface area contributed by atoms with Gasteiger partial charge in [-0.1, -0.05) is 23.7 Å². The molecule has 1 atom stereocenters. The third-order valence-corrected chi connectivity index (χ3v) is 5.24. The lowest BCUT2D eigenvalue weighted by Gasteiger charge is -2.35. The van der Waals surface area contributed by atoms with Crippen molar-refractivity contribution in [3.63, 3.8) is 0 Å². The van der Waals surface area contributed by atoms with Crippen molar-refractivity contribution in [2.24, 2.45) is 0 Å². The van der Waals surface area contributed by atoms with Gasteiger partial charge in [-0.2, -0.15) is 5.10 Å². The molecule has 0 aliphatic carbocycles. The highest BCUT2D eigenvalue weighted by Crippen LogP contribution is 2.36. The van der Waals surface area contributed by atoms with E-state index in [4.69, 9.17) is 11.6 Å². The summed E-state index contributed by atoms with van der Waals surface area (Å²) in [4.78, 5) is 15.0. The van der Waals surface area contributed by atoms with Crippen molar-refractivity contribution in [2.75, 3.05) is 6.54 Å². The van der Waals surface area contributed by atoms with Gasteiger partial charge >= 0.3 is 0 Å². The third kappa shape index (κ3) is 3.60. The number of nitrogens with zero attached hydrogens (tertiary/aromatic N) is 2. The number of likely N-dealkylation sites (tertiary alicyclic amines) is 1. The number of carbonyl (C=O) groups excluding carboxylic acids is 1. The average molecular weight is 384 g/mol. The van der Waals surface area contributed by atoms with Gasteiger partial charge in [0.1, 0.15) is 5.82 Å². The number of amides is 1. The lowest BCUT2D eigenvalue weighted by Crippen LogP contribution is -2.38. The lowest BCUT2D eigenvalue weighted by atomic mass is 9.94. The third-order valence-electron chi connectivity index (χ3n) is 4.99. The number of benzene rings is 2. The molecular weight excluding hydrogens is 365 g/mol. The predicted octanol–water partition coefficient (Wildman–Crippen LogP) is 5.24. The van der Waals surface area contributed by atoms with Crippen LogP contribution in [0.3, 0.4) is 0 Å². The van der Waals surface area contributed by atoms with E-state index in [1.807, 2.05) is 11.0 Å². The Morgan fingerprint density at radius 1 is 1.19 bits per heavy atom. The Morgan fingerprint density at radius 2 is 2.00 bits per heavy atom. The highest BCUT2D eigenvalue weighted by Gasteiger charge is 2.31. The van der Waals surface area contributed by atoms with Crippen LogP contribution in [-0.4, -0.2) is 27.5 Å². The zero-order valence-electron chi connectivity index (χ0n) is 14.7. The molecule has 27 heavy (non-hydrogen) atoms. The molecule has 138 valence electrons. The molecule has 0 unspecified atom stereocenters. The predicted molar refractivity (Wildman–Crippen MR) is 103 cm³/mol. The smallest absolute Gasteiger partial charge is 0.254 e. The van der Waals surface area contributed by atoms with E-state index in [0.29, 0.717) is 17.1 Å². The maximum atomic E-state index is 13.7.